The first-order valence-corrected chi connectivity index (χ1v) is 12.5. The molecule has 0 spiro atoms. The molecule has 0 bridgehead atoms. The summed E-state index contributed by atoms with van der Waals surface area (Å²) in [6.07, 6.45) is 4.97. The highest BCUT2D eigenvalue weighted by Gasteiger charge is 2.30. The SMILES string of the molecule is CS(=O)(=O)Cc1c(C(=O)N2CCC(c3c[nH]c4ccccc34)CC2)oc2ccccc12. The van der Waals surface area contributed by atoms with Gasteiger partial charge in [-0.05, 0) is 36.5 Å². The number of para-hydroxylation sites is 2. The second-order valence-electron chi connectivity index (χ2n) is 8.33. The van der Waals surface area contributed by atoms with Gasteiger partial charge in [0.1, 0.15) is 5.58 Å². The van der Waals surface area contributed by atoms with Crippen molar-refractivity contribution in [3.63, 3.8) is 0 Å². The van der Waals surface area contributed by atoms with Gasteiger partial charge in [-0.15, -0.1) is 0 Å². The summed E-state index contributed by atoms with van der Waals surface area (Å²) in [5.74, 6) is 0.0902. The maximum atomic E-state index is 13.3. The molecule has 160 valence electrons. The third kappa shape index (κ3) is 3.74. The van der Waals surface area contributed by atoms with E-state index in [1.807, 2.05) is 24.3 Å². The molecule has 1 saturated heterocycles. The van der Waals surface area contributed by atoms with Crippen molar-refractivity contribution in [2.75, 3.05) is 19.3 Å². The highest BCUT2D eigenvalue weighted by molar-refractivity contribution is 7.89. The number of furan rings is 1. The molecule has 1 amide bonds. The van der Waals surface area contributed by atoms with Crippen LogP contribution < -0.4 is 0 Å². The molecule has 5 rings (SSSR count). The van der Waals surface area contributed by atoms with E-state index in [9.17, 15) is 13.2 Å². The Morgan fingerprint density at radius 3 is 2.48 bits per heavy atom. The Bertz CT molecular complexity index is 1380. The van der Waals surface area contributed by atoms with Gasteiger partial charge in [-0.1, -0.05) is 36.4 Å². The minimum Gasteiger partial charge on any atom is -0.451 e. The molecule has 0 saturated carbocycles. The molecule has 0 aliphatic carbocycles. The van der Waals surface area contributed by atoms with E-state index in [1.54, 1.807) is 17.0 Å². The summed E-state index contributed by atoms with van der Waals surface area (Å²) in [6.45, 7) is 1.22. The Labute approximate surface area is 180 Å². The highest BCUT2D eigenvalue weighted by Crippen LogP contribution is 2.35. The van der Waals surface area contributed by atoms with Crippen molar-refractivity contribution in [1.82, 2.24) is 9.88 Å². The number of amides is 1. The summed E-state index contributed by atoms with van der Waals surface area (Å²) in [5.41, 5.74) is 3.42. The number of benzene rings is 2. The van der Waals surface area contributed by atoms with Gasteiger partial charge in [-0.2, -0.15) is 0 Å². The van der Waals surface area contributed by atoms with E-state index in [2.05, 4.69) is 23.3 Å². The normalized spacial score (nSPS) is 15.7. The fourth-order valence-electron chi connectivity index (χ4n) is 4.65. The van der Waals surface area contributed by atoms with Crippen LogP contribution in [-0.4, -0.2) is 43.6 Å². The van der Waals surface area contributed by atoms with Gasteiger partial charge in [0.25, 0.3) is 5.91 Å². The molecular formula is C24H24N2O4S. The van der Waals surface area contributed by atoms with Crippen LogP contribution in [0.1, 0.15) is 40.4 Å². The third-order valence-electron chi connectivity index (χ3n) is 6.14. The Kier molecular flexibility index (Phi) is 4.85. The van der Waals surface area contributed by atoms with Crippen molar-refractivity contribution in [3.8, 4) is 0 Å². The van der Waals surface area contributed by atoms with Crippen molar-refractivity contribution in [3.05, 3.63) is 71.6 Å². The van der Waals surface area contributed by atoms with Gasteiger partial charge in [0.2, 0.25) is 0 Å². The molecule has 2 aromatic heterocycles. The standard InChI is InChI=1S/C24H24N2O4S/c1-31(28,29)15-20-18-7-3-5-9-22(18)30-23(20)24(27)26-12-10-16(11-13-26)19-14-25-21-8-4-2-6-17(19)21/h2-9,14,16,25H,10-13,15H2,1H3. The number of rotatable bonds is 4. The van der Waals surface area contributed by atoms with Gasteiger partial charge in [-0.3, -0.25) is 4.79 Å². The van der Waals surface area contributed by atoms with Crippen LogP contribution >= 0.6 is 0 Å². The summed E-state index contributed by atoms with van der Waals surface area (Å²) in [5, 5.41) is 1.92. The van der Waals surface area contributed by atoms with Gasteiger partial charge >= 0.3 is 0 Å². The lowest BCUT2D eigenvalue weighted by molar-refractivity contribution is 0.0682. The molecule has 6 nitrogen and oxygen atoms in total. The maximum Gasteiger partial charge on any atom is 0.289 e. The summed E-state index contributed by atoms with van der Waals surface area (Å²) in [6, 6.07) is 15.5. The first-order valence-electron chi connectivity index (χ1n) is 10.4. The van der Waals surface area contributed by atoms with E-state index in [0.717, 1.165) is 18.4 Å². The molecule has 1 aliphatic rings. The third-order valence-corrected chi connectivity index (χ3v) is 6.96. The molecule has 1 N–H and O–H groups in total. The van der Waals surface area contributed by atoms with E-state index in [1.165, 1.54) is 17.2 Å². The minimum atomic E-state index is -3.32. The molecule has 0 unspecified atom stereocenters. The second kappa shape index (κ2) is 7.57. The number of likely N-dealkylation sites (tertiary alicyclic amines) is 1. The molecule has 2 aromatic carbocycles. The summed E-state index contributed by atoms with van der Waals surface area (Å²) < 4.78 is 29.9. The number of carbonyl (C=O) groups excluding carboxylic acids is 1. The van der Waals surface area contributed by atoms with E-state index < -0.39 is 9.84 Å². The summed E-state index contributed by atoms with van der Waals surface area (Å²) in [7, 11) is -3.32. The number of H-pyrrole nitrogens is 1. The average molecular weight is 437 g/mol. The molecule has 1 fully saturated rings. The highest BCUT2D eigenvalue weighted by atomic mass is 32.2. The Hall–Kier alpha value is -3.06. The predicted molar refractivity (Wildman–Crippen MR) is 121 cm³/mol. The minimum absolute atomic E-state index is 0.150. The Morgan fingerprint density at radius 1 is 1.06 bits per heavy atom. The first-order chi connectivity index (χ1) is 14.9. The largest absolute Gasteiger partial charge is 0.451 e. The number of hydrogen-bond acceptors (Lipinski definition) is 4. The zero-order chi connectivity index (χ0) is 21.6. The van der Waals surface area contributed by atoms with Crippen LogP contribution in [0.2, 0.25) is 0 Å². The number of carbonyl (C=O) groups is 1. The smallest absolute Gasteiger partial charge is 0.289 e. The number of fused-ring (bicyclic) bond motifs is 2. The summed E-state index contributed by atoms with van der Waals surface area (Å²) in [4.78, 5) is 18.4. The number of nitrogens with zero attached hydrogens (tertiary/aromatic N) is 1. The van der Waals surface area contributed by atoms with E-state index in [-0.39, 0.29) is 17.4 Å². The number of sulfone groups is 1. The Morgan fingerprint density at radius 2 is 1.74 bits per heavy atom. The molecule has 3 heterocycles. The van der Waals surface area contributed by atoms with Crippen LogP contribution in [0.5, 0.6) is 0 Å². The van der Waals surface area contributed by atoms with E-state index in [0.29, 0.717) is 35.5 Å². The zero-order valence-corrected chi connectivity index (χ0v) is 18.1. The lowest BCUT2D eigenvalue weighted by atomic mass is 9.89. The monoisotopic (exact) mass is 436 g/mol. The van der Waals surface area contributed by atoms with Crippen molar-refractivity contribution in [2.45, 2.75) is 24.5 Å². The van der Waals surface area contributed by atoms with Crippen LogP contribution in [0, 0.1) is 0 Å². The second-order valence-corrected chi connectivity index (χ2v) is 10.5. The van der Waals surface area contributed by atoms with Crippen LogP contribution in [0.3, 0.4) is 0 Å². The van der Waals surface area contributed by atoms with E-state index in [4.69, 9.17) is 4.42 Å². The van der Waals surface area contributed by atoms with Crippen LogP contribution in [0.4, 0.5) is 0 Å². The molecule has 0 radical (unpaired) electrons. The van der Waals surface area contributed by atoms with E-state index >= 15 is 0 Å². The zero-order valence-electron chi connectivity index (χ0n) is 17.3. The quantitative estimate of drug-likeness (QED) is 0.511. The van der Waals surface area contributed by atoms with Gasteiger partial charge < -0.3 is 14.3 Å². The van der Waals surface area contributed by atoms with Crippen molar-refractivity contribution >= 4 is 37.6 Å². The number of piperidine rings is 1. The number of aromatic nitrogens is 1. The fourth-order valence-corrected chi connectivity index (χ4v) is 5.46. The molecule has 1 aliphatic heterocycles. The first kappa shape index (κ1) is 19.9. The van der Waals surface area contributed by atoms with Gasteiger partial charge in [0.05, 0.1) is 5.75 Å². The number of hydrogen-bond donors (Lipinski definition) is 1. The van der Waals surface area contributed by atoms with Crippen LogP contribution in [-0.2, 0) is 15.6 Å². The van der Waals surface area contributed by atoms with Gasteiger partial charge in [-0.25, -0.2) is 8.42 Å². The topological polar surface area (TPSA) is 83.4 Å². The molecule has 31 heavy (non-hydrogen) atoms. The lowest BCUT2D eigenvalue weighted by Gasteiger charge is -2.31. The molecule has 4 aromatic rings. The van der Waals surface area contributed by atoms with Crippen molar-refractivity contribution in [2.24, 2.45) is 0 Å². The van der Waals surface area contributed by atoms with Gasteiger partial charge in [0.15, 0.2) is 15.6 Å². The fraction of sp³-hybridized carbons (Fsp3) is 0.292. The summed E-state index contributed by atoms with van der Waals surface area (Å²) >= 11 is 0. The number of nitrogens with one attached hydrogen (secondary N) is 1. The van der Waals surface area contributed by atoms with Crippen LogP contribution in [0.15, 0.2) is 59.1 Å². The van der Waals surface area contributed by atoms with Crippen molar-refractivity contribution < 1.29 is 17.6 Å². The molecule has 0 atom stereocenters. The Balaban J connectivity index is 1.39. The predicted octanol–water partition coefficient (Wildman–Crippen LogP) is 4.48. The van der Waals surface area contributed by atoms with Gasteiger partial charge in [0, 0.05) is 47.4 Å². The number of aromatic amines is 1. The maximum absolute atomic E-state index is 13.3. The van der Waals surface area contributed by atoms with Crippen LogP contribution in [0.25, 0.3) is 21.9 Å². The average Bonchev–Trinajstić information content (AvgIpc) is 3.34. The molecule has 7 heteroatoms. The van der Waals surface area contributed by atoms with Crippen molar-refractivity contribution in [1.29, 1.82) is 0 Å². The lowest BCUT2D eigenvalue weighted by Crippen LogP contribution is -2.38. The molecular weight excluding hydrogens is 412 g/mol.